The number of carbonyl (C=O) groups excluding carboxylic acids is 1. The first kappa shape index (κ1) is 17.1. The number of carbonyl (C=O) groups is 1. The van der Waals surface area contributed by atoms with Gasteiger partial charge in [-0.1, -0.05) is 0 Å². The zero-order chi connectivity index (χ0) is 16.2. The molecule has 0 saturated heterocycles. The molecule has 1 atom stereocenters. The van der Waals surface area contributed by atoms with Crippen LogP contribution >= 0.6 is 0 Å². The van der Waals surface area contributed by atoms with Crippen LogP contribution in [0.5, 0.6) is 0 Å². The van der Waals surface area contributed by atoms with Crippen molar-refractivity contribution in [2.45, 2.75) is 25.3 Å². The van der Waals surface area contributed by atoms with Gasteiger partial charge in [0.25, 0.3) is 6.43 Å². The molecule has 2 amide bonds. The molecule has 2 N–H and O–H groups in total. The van der Waals surface area contributed by atoms with E-state index >= 15 is 0 Å². The van der Waals surface area contributed by atoms with Gasteiger partial charge in [0.05, 0.1) is 6.54 Å². The van der Waals surface area contributed by atoms with Crippen molar-refractivity contribution < 1.29 is 31.9 Å². The highest BCUT2D eigenvalue weighted by molar-refractivity contribution is 5.88. The summed E-state index contributed by atoms with van der Waals surface area (Å²) in [5, 5.41) is 14.5. The lowest BCUT2D eigenvalue weighted by atomic mass is 10.3. The lowest BCUT2D eigenvalue weighted by Crippen LogP contribution is -2.43. The molecule has 0 fully saturated rings. The fraction of sp³-hybridized carbons (Fsp3) is 0.600. The van der Waals surface area contributed by atoms with Crippen LogP contribution in [0.3, 0.4) is 0 Å². The minimum atomic E-state index is -4.84. The zero-order valence-corrected chi connectivity index (χ0v) is 10.8. The molecule has 0 aliphatic rings. The van der Waals surface area contributed by atoms with E-state index in [1.165, 1.54) is 12.3 Å². The lowest BCUT2D eigenvalue weighted by molar-refractivity contribution is -0.205. The second kappa shape index (κ2) is 6.70. The molecule has 1 unspecified atom stereocenters. The number of rotatable bonds is 5. The fourth-order valence-electron chi connectivity index (χ4n) is 1.32. The van der Waals surface area contributed by atoms with Crippen molar-refractivity contribution in [2.24, 2.45) is 0 Å². The monoisotopic (exact) mass is 316 g/mol. The molecule has 0 aliphatic carbocycles. The molecule has 0 radical (unpaired) electrons. The topological polar surface area (TPSA) is 70.4 Å². The standard InChI is InChI=1S/C10H13F5N4O2/c1-18(4-6(20)10(13,14)15)9(21)16-8-2-3-19(17-8)5-7(11)12/h2-3,6-7,20H,4-5H2,1H3,(H,16,17,21). The molecule has 1 aromatic heterocycles. The second-order valence-electron chi connectivity index (χ2n) is 4.18. The van der Waals surface area contributed by atoms with Gasteiger partial charge in [0.15, 0.2) is 11.9 Å². The first-order chi connectivity index (χ1) is 9.59. The SMILES string of the molecule is CN(CC(O)C(F)(F)F)C(=O)Nc1ccn(CC(F)F)n1. The average Bonchev–Trinajstić information content (AvgIpc) is 2.73. The van der Waals surface area contributed by atoms with Crippen LogP contribution in [-0.4, -0.2) is 58.1 Å². The number of nitrogens with one attached hydrogen (secondary N) is 1. The molecular weight excluding hydrogens is 303 g/mol. The highest BCUT2D eigenvalue weighted by atomic mass is 19.4. The van der Waals surface area contributed by atoms with Crippen LogP contribution in [0.25, 0.3) is 0 Å². The van der Waals surface area contributed by atoms with E-state index < -0.39 is 37.8 Å². The number of aromatic nitrogens is 2. The van der Waals surface area contributed by atoms with Gasteiger partial charge in [0.2, 0.25) is 0 Å². The normalized spacial score (nSPS) is 13.3. The molecule has 0 saturated carbocycles. The number of aliphatic hydroxyl groups excluding tert-OH is 1. The highest BCUT2D eigenvalue weighted by Crippen LogP contribution is 2.20. The third-order valence-electron chi connectivity index (χ3n) is 2.37. The van der Waals surface area contributed by atoms with E-state index in [-0.39, 0.29) is 5.82 Å². The van der Waals surface area contributed by atoms with E-state index in [9.17, 15) is 26.7 Å². The molecule has 0 aromatic carbocycles. The molecule has 6 nitrogen and oxygen atoms in total. The Labute approximate surface area is 116 Å². The van der Waals surface area contributed by atoms with Crippen LogP contribution in [0.1, 0.15) is 0 Å². The molecule has 120 valence electrons. The van der Waals surface area contributed by atoms with Gasteiger partial charge in [-0.15, -0.1) is 0 Å². The van der Waals surface area contributed by atoms with Gasteiger partial charge in [0.1, 0.15) is 6.54 Å². The van der Waals surface area contributed by atoms with E-state index in [0.717, 1.165) is 11.7 Å². The Morgan fingerprint density at radius 3 is 2.67 bits per heavy atom. The maximum atomic E-state index is 12.1. The Kier molecular flexibility index (Phi) is 5.47. The number of hydrogen-bond acceptors (Lipinski definition) is 3. The zero-order valence-electron chi connectivity index (χ0n) is 10.8. The highest BCUT2D eigenvalue weighted by Gasteiger charge is 2.39. The number of alkyl halides is 5. The summed E-state index contributed by atoms with van der Waals surface area (Å²) in [6.07, 6.45) is -8.96. The van der Waals surface area contributed by atoms with E-state index in [0.29, 0.717) is 4.90 Å². The summed E-state index contributed by atoms with van der Waals surface area (Å²) in [6, 6.07) is 0.259. The van der Waals surface area contributed by atoms with Crippen LogP contribution in [0.15, 0.2) is 12.3 Å². The van der Waals surface area contributed by atoms with Gasteiger partial charge < -0.3 is 10.0 Å². The number of aliphatic hydroxyl groups is 1. The first-order valence-corrected chi connectivity index (χ1v) is 5.68. The van der Waals surface area contributed by atoms with E-state index in [4.69, 9.17) is 5.11 Å². The van der Waals surface area contributed by atoms with Crippen molar-refractivity contribution >= 4 is 11.8 Å². The van der Waals surface area contributed by atoms with Crippen LogP contribution < -0.4 is 5.32 Å². The first-order valence-electron chi connectivity index (χ1n) is 5.68. The summed E-state index contributed by atoms with van der Waals surface area (Å²) in [5.74, 6) is -0.0889. The molecule has 11 heteroatoms. The number of hydrogen-bond donors (Lipinski definition) is 2. The van der Waals surface area contributed by atoms with Gasteiger partial charge in [-0.2, -0.15) is 18.3 Å². The summed E-state index contributed by atoms with van der Waals surface area (Å²) >= 11 is 0. The number of urea groups is 1. The van der Waals surface area contributed by atoms with Crippen molar-refractivity contribution in [1.29, 1.82) is 0 Å². The van der Waals surface area contributed by atoms with Gasteiger partial charge in [0, 0.05) is 19.3 Å². The predicted molar refractivity (Wildman–Crippen MR) is 61.9 cm³/mol. The number of likely N-dealkylation sites (N-methyl/N-ethyl adjacent to an activating group) is 1. The van der Waals surface area contributed by atoms with E-state index in [1.54, 1.807) is 0 Å². The average molecular weight is 316 g/mol. The van der Waals surface area contributed by atoms with Gasteiger partial charge in [-0.25, -0.2) is 13.6 Å². The minimum absolute atomic E-state index is 0.0889. The maximum Gasteiger partial charge on any atom is 0.416 e. The smallest absolute Gasteiger partial charge is 0.382 e. The number of anilines is 1. The summed E-state index contributed by atoms with van der Waals surface area (Å²) < 4.78 is 61.4. The van der Waals surface area contributed by atoms with Crippen molar-refractivity contribution in [1.82, 2.24) is 14.7 Å². The molecule has 0 bridgehead atoms. The molecule has 1 rings (SSSR count). The number of amides is 2. The summed E-state index contributed by atoms with van der Waals surface area (Å²) in [4.78, 5) is 12.1. The minimum Gasteiger partial charge on any atom is -0.382 e. The molecule has 0 aliphatic heterocycles. The maximum absolute atomic E-state index is 12.1. The Morgan fingerprint density at radius 2 is 2.14 bits per heavy atom. The van der Waals surface area contributed by atoms with Crippen LogP contribution in [0.4, 0.5) is 32.6 Å². The number of nitrogens with zero attached hydrogens (tertiary/aromatic N) is 3. The summed E-state index contributed by atoms with van der Waals surface area (Å²) in [5.41, 5.74) is 0. The Bertz CT molecular complexity index is 476. The van der Waals surface area contributed by atoms with Crippen LogP contribution in [0, 0.1) is 0 Å². The largest absolute Gasteiger partial charge is 0.416 e. The molecule has 1 aromatic rings. The van der Waals surface area contributed by atoms with Crippen LogP contribution in [-0.2, 0) is 6.54 Å². The molecule has 1 heterocycles. The third-order valence-corrected chi connectivity index (χ3v) is 2.37. The quantitative estimate of drug-likeness (QED) is 0.810. The molecule has 0 spiro atoms. The van der Waals surface area contributed by atoms with Gasteiger partial charge in [-0.3, -0.25) is 10.00 Å². The van der Waals surface area contributed by atoms with Crippen molar-refractivity contribution in [2.75, 3.05) is 18.9 Å². The predicted octanol–water partition coefficient (Wildman–Crippen LogP) is 1.54. The van der Waals surface area contributed by atoms with Gasteiger partial charge >= 0.3 is 12.2 Å². The lowest BCUT2D eigenvalue weighted by Gasteiger charge is -2.22. The van der Waals surface area contributed by atoms with Crippen molar-refractivity contribution in [3.05, 3.63) is 12.3 Å². The third kappa shape index (κ3) is 5.53. The summed E-state index contributed by atoms with van der Waals surface area (Å²) in [6.45, 7) is -1.63. The number of halogens is 5. The summed E-state index contributed by atoms with van der Waals surface area (Å²) in [7, 11) is 1.04. The Morgan fingerprint density at radius 1 is 1.52 bits per heavy atom. The molecule has 21 heavy (non-hydrogen) atoms. The molecular formula is C10H13F5N4O2. The van der Waals surface area contributed by atoms with Crippen molar-refractivity contribution in [3.63, 3.8) is 0 Å². The van der Waals surface area contributed by atoms with Crippen LogP contribution in [0.2, 0.25) is 0 Å². The Balaban J connectivity index is 2.54. The van der Waals surface area contributed by atoms with Crippen molar-refractivity contribution in [3.8, 4) is 0 Å². The van der Waals surface area contributed by atoms with E-state index in [1.807, 2.05) is 0 Å². The fourth-order valence-corrected chi connectivity index (χ4v) is 1.32. The van der Waals surface area contributed by atoms with Gasteiger partial charge in [-0.05, 0) is 0 Å². The Hall–Kier alpha value is -1.91. The second-order valence-corrected chi connectivity index (χ2v) is 4.18. The van der Waals surface area contributed by atoms with E-state index in [2.05, 4.69) is 10.4 Å².